The Morgan fingerprint density at radius 3 is 1.87 bits per heavy atom. The first kappa shape index (κ1) is 14.1. The van der Waals surface area contributed by atoms with Crippen LogP contribution in [0.15, 0.2) is 11.8 Å². The number of carboxylic acid groups (broad SMARTS) is 1. The Balaban J connectivity index is 4.58. The molecule has 0 aromatic carbocycles. The molecule has 0 radical (unpaired) electrons. The average molecular weight is 216 g/mol. The van der Waals surface area contributed by atoms with Crippen LogP contribution < -0.4 is 0 Å². The van der Waals surface area contributed by atoms with Crippen LogP contribution in [0.2, 0.25) is 0 Å². The van der Waals surface area contributed by atoms with Gasteiger partial charge in [-0.25, -0.2) is 4.79 Å². The molecule has 0 aliphatic heterocycles. The Bertz CT molecular complexity index is 257. The van der Waals surface area contributed by atoms with E-state index in [4.69, 9.17) is 5.11 Å². The summed E-state index contributed by atoms with van der Waals surface area (Å²) in [6, 6.07) is 0. The molecule has 0 rings (SSSR count). The van der Waals surface area contributed by atoms with Crippen molar-refractivity contribution in [2.75, 3.05) is 48.8 Å². The molecule has 15 heavy (non-hydrogen) atoms. The quantitative estimate of drug-likeness (QED) is 0.544. The molecule has 0 spiro atoms. The van der Waals surface area contributed by atoms with Crippen molar-refractivity contribution in [3.05, 3.63) is 11.8 Å². The Kier molecular flexibility index (Phi) is 4.49. The molecule has 0 amide bonds. The molecule has 88 valence electrons. The molecule has 0 bridgehead atoms. The van der Waals surface area contributed by atoms with Gasteiger partial charge in [0.2, 0.25) is 0 Å². The molecule has 4 nitrogen and oxygen atoms in total. The van der Waals surface area contributed by atoms with E-state index in [0.717, 1.165) is 11.0 Å². The highest BCUT2D eigenvalue weighted by Crippen LogP contribution is 2.08. The maximum atomic E-state index is 11.0. The van der Waals surface area contributed by atoms with Crippen molar-refractivity contribution in [3.8, 4) is 0 Å². The lowest BCUT2D eigenvalue weighted by atomic mass is 10.2. The first-order valence-electron chi connectivity index (χ1n) is 5.08. The predicted molar refractivity (Wildman–Crippen MR) is 61.3 cm³/mol. The number of carboxylic acids is 1. The highest BCUT2D eigenvalue weighted by molar-refractivity contribution is 5.86. The normalized spacial score (nSPS) is 14.1. The molecule has 0 aliphatic carbocycles. The van der Waals surface area contributed by atoms with Crippen molar-refractivity contribution >= 4 is 5.97 Å². The summed E-state index contributed by atoms with van der Waals surface area (Å²) in [6.07, 6.45) is 2.40. The van der Waals surface area contributed by atoms with E-state index in [1.165, 1.54) is 0 Å². The molecule has 0 fully saturated rings. The highest BCUT2D eigenvalue weighted by Gasteiger charge is 2.17. The SMILES string of the molecule is C[N+](C)(C)C=C(CC[N+](C)(C)C)C(=O)O. The van der Waals surface area contributed by atoms with Crippen molar-refractivity contribution in [1.82, 2.24) is 0 Å². The maximum Gasteiger partial charge on any atom is 0.337 e. The van der Waals surface area contributed by atoms with Gasteiger partial charge in [-0.05, 0) is 0 Å². The van der Waals surface area contributed by atoms with Crippen molar-refractivity contribution in [2.45, 2.75) is 6.42 Å². The molecule has 1 N–H and O–H groups in total. The predicted octanol–water partition coefficient (Wildman–Crippen LogP) is 0.757. The molecular formula is C11H24N2O2+2. The van der Waals surface area contributed by atoms with Gasteiger partial charge in [0.25, 0.3) is 0 Å². The van der Waals surface area contributed by atoms with Gasteiger partial charge in [-0.2, -0.15) is 0 Å². The molecule has 0 saturated heterocycles. The number of quaternary nitrogens is 2. The molecule has 0 saturated carbocycles. The summed E-state index contributed by atoms with van der Waals surface area (Å²) in [4.78, 5) is 11.0. The second kappa shape index (κ2) is 4.77. The second-order valence-corrected chi connectivity index (χ2v) is 5.84. The summed E-state index contributed by atoms with van der Waals surface area (Å²) in [5, 5.41) is 9.05. The first-order valence-corrected chi connectivity index (χ1v) is 5.08. The fraction of sp³-hybridized carbons (Fsp3) is 0.727. The van der Waals surface area contributed by atoms with Crippen molar-refractivity contribution in [1.29, 1.82) is 0 Å². The molecule has 0 aromatic heterocycles. The van der Waals surface area contributed by atoms with Gasteiger partial charge < -0.3 is 14.1 Å². The number of rotatable bonds is 5. The van der Waals surface area contributed by atoms with Crippen molar-refractivity contribution < 1.29 is 18.9 Å². The van der Waals surface area contributed by atoms with Crippen LogP contribution in [-0.2, 0) is 4.79 Å². The molecule has 4 heteroatoms. The minimum Gasteiger partial charge on any atom is -0.478 e. The van der Waals surface area contributed by atoms with Gasteiger partial charge in [0.15, 0.2) is 0 Å². The lowest BCUT2D eigenvalue weighted by molar-refractivity contribution is -0.870. The van der Waals surface area contributed by atoms with Crippen molar-refractivity contribution in [2.24, 2.45) is 0 Å². The highest BCUT2D eigenvalue weighted by atomic mass is 16.4. The Morgan fingerprint density at radius 1 is 1.13 bits per heavy atom. The second-order valence-electron chi connectivity index (χ2n) is 5.84. The van der Waals surface area contributed by atoms with Gasteiger partial charge in [-0.3, -0.25) is 0 Å². The monoisotopic (exact) mass is 216 g/mol. The van der Waals surface area contributed by atoms with Gasteiger partial charge in [-0.15, -0.1) is 0 Å². The Labute approximate surface area is 92.6 Å². The van der Waals surface area contributed by atoms with Crippen LogP contribution in [0.5, 0.6) is 0 Å². The van der Waals surface area contributed by atoms with Crippen molar-refractivity contribution in [3.63, 3.8) is 0 Å². The molecule has 0 heterocycles. The average Bonchev–Trinajstić information content (AvgIpc) is 1.93. The van der Waals surface area contributed by atoms with E-state index in [1.54, 1.807) is 6.20 Å². The largest absolute Gasteiger partial charge is 0.478 e. The first-order chi connectivity index (χ1) is 6.51. The van der Waals surface area contributed by atoms with Crippen LogP contribution in [0, 0.1) is 0 Å². The minimum atomic E-state index is -0.809. The third-order valence-electron chi connectivity index (χ3n) is 1.87. The fourth-order valence-corrected chi connectivity index (χ4v) is 1.15. The summed E-state index contributed by atoms with van der Waals surface area (Å²) in [5.74, 6) is -0.809. The van der Waals surface area contributed by atoms with E-state index in [-0.39, 0.29) is 0 Å². The van der Waals surface area contributed by atoms with Crippen LogP contribution >= 0.6 is 0 Å². The number of nitrogens with zero attached hydrogens (tertiary/aromatic N) is 2. The molecular weight excluding hydrogens is 192 g/mol. The zero-order chi connectivity index (χ0) is 12.3. The Hall–Kier alpha value is -0.870. The fourth-order valence-electron chi connectivity index (χ4n) is 1.15. The lowest BCUT2D eigenvalue weighted by Crippen LogP contribution is -2.36. The third kappa shape index (κ3) is 8.15. The van der Waals surface area contributed by atoms with Crippen LogP contribution in [-0.4, -0.2) is 68.9 Å². The van der Waals surface area contributed by atoms with E-state index in [0.29, 0.717) is 16.5 Å². The standard InChI is InChI=1S/C11H23N2O2/c1-12(2,3)8-7-10(11(14)15)9-13(4,5)6/h9H,7-8H2,1-6H3/q+1/p+1. The number of hydrogen-bond donors (Lipinski definition) is 1. The smallest absolute Gasteiger partial charge is 0.337 e. The number of carbonyl (C=O) groups is 1. The zero-order valence-electron chi connectivity index (χ0n) is 10.7. The van der Waals surface area contributed by atoms with Gasteiger partial charge in [-0.1, -0.05) is 0 Å². The van der Waals surface area contributed by atoms with E-state index >= 15 is 0 Å². The van der Waals surface area contributed by atoms with Gasteiger partial charge in [0.1, 0.15) is 6.20 Å². The van der Waals surface area contributed by atoms with E-state index in [2.05, 4.69) is 21.1 Å². The van der Waals surface area contributed by atoms with Gasteiger partial charge in [0, 0.05) is 6.42 Å². The summed E-state index contributed by atoms with van der Waals surface area (Å²) >= 11 is 0. The minimum absolute atomic E-state index is 0.496. The number of aliphatic carboxylic acids is 1. The lowest BCUT2D eigenvalue weighted by Gasteiger charge is -2.24. The van der Waals surface area contributed by atoms with E-state index in [9.17, 15) is 4.79 Å². The summed E-state index contributed by atoms with van der Waals surface area (Å²) in [6.45, 7) is 0.831. The molecule has 0 unspecified atom stereocenters. The summed E-state index contributed by atoms with van der Waals surface area (Å²) in [5.41, 5.74) is 0.496. The molecule has 0 aliphatic rings. The maximum absolute atomic E-state index is 11.0. The third-order valence-corrected chi connectivity index (χ3v) is 1.87. The topological polar surface area (TPSA) is 37.3 Å². The van der Waals surface area contributed by atoms with Crippen LogP contribution in [0.1, 0.15) is 6.42 Å². The molecule has 0 aromatic rings. The van der Waals surface area contributed by atoms with Gasteiger partial charge in [0.05, 0.1) is 54.4 Å². The van der Waals surface area contributed by atoms with E-state index in [1.807, 2.05) is 21.1 Å². The van der Waals surface area contributed by atoms with Crippen LogP contribution in [0.3, 0.4) is 0 Å². The summed E-state index contributed by atoms with van der Waals surface area (Å²) in [7, 11) is 12.0. The van der Waals surface area contributed by atoms with E-state index < -0.39 is 5.97 Å². The number of hydrogen-bond acceptors (Lipinski definition) is 1. The van der Waals surface area contributed by atoms with Crippen LogP contribution in [0.4, 0.5) is 0 Å². The Morgan fingerprint density at radius 2 is 1.60 bits per heavy atom. The summed E-state index contributed by atoms with van der Waals surface area (Å²) < 4.78 is 1.32. The van der Waals surface area contributed by atoms with Gasteiger partial charge >= 0.3 is 5.97 Å². The van der Waals surface area contributed by atoms with Crippen LogP contribution in [0.25, 0.3) is 0 Å². The zero-order valence-corrected chi connectivity index (χ0v) is 10.7. The molecule has 0 atom stereocenters.